The quantitative estimate of drug-likeness (QED) is 0.0705. The van der Waals surface area contributed by atoms with Crippen LogP contribution in [0.5, 0.6) is 5.75 Å². The Morgan fingerprint density at radius 3 is 2.36 bits per heavy atom. The molecule has 6 rings (SSSR count). The molecule has 4 heterocycles. The molecule has 348 valence electrons. The first-order valence-electron chi connectivity index (χ1n) is 20.9. The van der Waals surface area contributed by atoms with Crippen molar-refractivity contribution < 1.29 is 38.6 Å². The van der Waals surface area contributed by atoms with Crippen molar-refractivity contribution in [1.82, 2.24) is 50.8 Å². The average molecular weight is 924 g/mol. The minimum Gasteiger partial charge on any atom is -0.494 e. The van der Waals surface area contributed by atoms with E-state index in [1.807, 2.05) is 31.2 Å². The zero-order chi connectivity index (χ0) is 47.9. The summed E-state index contributed by atoms with van der Waals surface area (Å²) in [5, 5.41) is 36.5. The van der Waals surface area contributed by atoms with Gasteiger partial charge in [0, 0.05) is 46.1 Å². The number of nitrogens with two attached hydrogens (primary N) is 1. The Balaban J connectivity index is 1.10. The Labute approximate surface area is 384 Å². The van der Waals surface area contributed by atoms with Crippen molar-refractivity contribution in [3.05, 3.63) is 77.3 Å². The molecule has 2 aromatic carbocycles. The number of primary amides is 1. The normalized spacial score (nSPS) is 15.6. The molecule has 4 atom stereocenters. The maximum absolute atomic E-state index is 14.4. The first-order chi connectivity index (χ1) is 31.4. The number of β-amino-alcohol motifs (C(OH)–C–C–N with tert-alkyl or cyclic N) is 1. The number of anilines is 3. The van der Waals surface area contributed by atoms with E-state index >= 15 is 0 Å². The third-order valence-corrected chi connectivity index (χ3v) is 11.9. The molecular formula is C44H53N13O8S. The van der Waals surface area contributed by atoms with Gasteiger partial charge in [0.1, 0.15) is 12.4 Å². The SMILES string of the molecule is CNC(=O)c1nnc(NC(=O)CNC(=O)CC(C(N)=O)[C@H](C(=O)N2C[C@H](O)C[C@H]2C(=O)NCc2ccc(-c3scnc3C)cc2)C(C)(C)C)cc1Nc1cccc(-c2ncn(C)n2)c1OC. The zero-order valence-electron chi connectivity index (χ0n) is 37.5. The third kappa shape index (κ3) is 11.3. The number of carbonyl (C=O) groups is 6. The standard InChI is InChI=1S/C44H53N13O8S/c1-23-38(66-22-50-23)25-13-11-24(12-14-25)18-48-41(62)31-15-26(58)20-57(31)43(64)35(44(2,3)4)28(39(45)61)16-33(59)47-19-34(60)52-32-17-30(36(54-53-32)42(63)46-5)51-29-10-8-9-27(37(29)65-7)40-49-21-56(6)55-40/h8-14,17,21-22,26,28,31,35,58H,15-16,18-20H2,1-7H3,(H2,45,61)(H,46,63)(H,47,59)(H,48,62)(H2,51,52,53,60)/t26-,28?,31+,35-/m1/s1. The summed E-state index contributed by atoms with van der Waals surface area (Å²) >= 11 is 1.53. The molecule has 0 bridgehead atoms. The van der Waals surface area contributed by atoms with E-state index in [0.717, 1.165) is 21.7 Å². The highest BCUT2D eigenvalue weighted by Gasteiger charge is 2.48. The van der Waals surface area contributed by atoms with Gasteiger partial charge in [-0.15, -0.1) is 21.5 Å². The fraction of sp³-hybridized carbons (Fsp3) is 0.386. The Morgan fingerprint density at radius 1 is 1.00 bits per heavy atom. The number of rotatable bonds is 17. The van der Waals surface area contributed by atoms with E-state index < -0.39 is 77.8 Å². The average Bonchev–Trinajstić information content (AvgIpc) is 4.03. The number of amides is 6. The number of benzene rings is 2. The van der Waals surface area contributed by atoms with Crippen molar-refractivity contribution in [1.29, 1.82) is 0 Å². The molecule has 8 N–H and O–H groups in total. The number of aryl methyl sites for hydroxylation is 2. The molecule has 21 nitrogen and oxygen atoms in total. The number of aliphatic hydroxyl groups excluding tert-OH is 1. The number of aromatic nitrogens is 6. The number of nitrogens with zero attached hydrogens (tertiary/aromatic N) is 7. The van der Waals surface area contributed by atoms with Crippen molar-refractivity contribution in [3.8, 4) is 27.6 Å². The van der Waals surface area contributed by atoms with E-state index in [1.54, 1.807) is 51.5 Å². The molecule has 66 heavy (non-hydrogen) atoms. The van der Waals surface area contributed by atoms with Gasteiger partial charge in [-0.05, 0) is 35.6 Å². The van der Waals surface area contributed by atoms with Gasteiger partial charge in [0.2, 0.25) is 29.5 Å². The Bertz CT molecular complexity index is 2610. The Kier molecular flexibility index (Phi) is 15.1. The van der Waals surface area contributed by atoms with E-state index in [-0.39, 0.29) is 36.7 Å². The summed E-state index contributed by atoms with van der Waals surface area (Å²) < 4.78 is 7.22. The van der Waals surface area contributed by atoms with Crippen LogP contribution in [0.3, 0.4) is 0 Å². The number of methoxy groups -OCH3 is 1. The van der Waals surface area contributed by atoms with Gasteiger partial charge in [-0.2, -0.15) is 5.10 Å². The van der Waals surface area contributed by atoms with Gasteiger partial charge in [0.25, 0.3) is 5.91 Å². The summed E-state index contributed by atoms with van der Waals surface area (Å²) in [5.74, 6) is -6.00. The molecule has 1 fully saturated rings. The topological polar surface area (TPSA) is 291 Å². The fourth-order valence-electron chi connectivity index (χ4n) is 7.78. The van der Waals surface area contributed by atoms with Gasteiger partial charge in [-0.1, -0.05) is 51.1 Å². The minimum absolute atomic E-state index is 0.0314. The number of carbonyl (C=O) groups excluding carboxylic acids is 6. The van der Waals surface area contributed by atoms with Crippen LogP contribution in [0.15, 0.2) is 60.4 Å². The second-order valence-electron chi connectivity index (χ2n) is 16.8. The molecule has 1 unspecified atom stereocenters. The summed E-state index contributed by atoms with van der Waals surface area (Å²) in [5.41, 5.74) is 10.5. The highest BCUT2D eigenvalue weighted by molar-refractivity contribution is 7.13. The van der Waals surface area contributed by atoms with Crippen LogP contribution in [0.25, 0.3) is 21.8 Å². The molecule has 3 aromatic heterocycles. The predicted molar refractivity (Wildman–Crippen MR) is 244 cm³/mol. The Hall–Kier alpha value is -7.33. The number of hydrogen-bond donors (Lipinski definition) is 7. The van der Waals surface area contributed by atoms with Crippen LogP contribution in [0.4, 0.5) is 17.2 Å². The number of aliphatic hydroxyl groups is 1. The van der Waals surface area contributed by atoms with Crippen LogP contribution in [-0.4, -0.2) is 115 Å². The third-order valence-electron chi connectivity index (χ3n) is 10.9. The molecule has 6 amide bonds. The molecule has 5 aromatic rings. The van der Waals surface area contributed by atoms with Crippen LogP contribution >= 0.6 is 11.3 Å². The lowest BCUT2D eigenvalue weighted by Crippen LogP contribution is -2.53. The summed E-state index contributed by atoms with van der Waals surface area (Å²) in [4.78, 5) is 91.3. The van der Waals surface area contributed by atoms with Crippen molar-refractivity contribution in [3.63, 3.8) is 0 Å². The van der Waals surface area contributed by atoms with Crippen LogP contribution < -0.4 is 37.1 Å². The second-order valence-corrected chi connectivity index (χ2v) is 17.6. The maximum atomic E-state index is 14.4. The molecular weight excluding hydrogens is 871 g/mol. The summed E-state index contributed by atoms with van der Waals surface area (Å²) in [6.07, 6.45) is -0.0705. The van der Waals surface area contributed by atoms with Gasteiger partial charge in [-0.25, -0.2) is 9.97 Å². The van der Waals surface area contributed by atoms with Gasteiger partial charge in [0.15, 0.2) is 23.1 Å². The molecule has 0 saturated carbocycles. The fourth-order valence-corrected chi connectivity index (χ4v) is 8.60. The van der Waals surface area contributed by atoms with E-state index in [2.05, 4.69) is 51.8 Å². The highest BCUT2D eigenvalue weighted by atomic mass is 32.1. The Morgan fingerprint density at radius 2 is 1.74 bits per heavy atom. The van der Waals surface area contributed by atoms with Crippen LogP contribution in [0, 0.1) is 24.2 Å². The van der Waals surface area contributed by atoms with E-state index in [9.17, 15) is 33.9 Å². The van der Waals surface area contributed by atoms with Crippen LogP contribution in [0.2, 0.25) is 0 Å². The van der Waals surface area contributed by atoms with Gasteiger partial charge < -0.3 is 47.1 Å². The molecule has 0 spiro atoms. The van der Waals surface area contributed by atoms with Crippen molar-refractivity contribution >= 4 is 64.0 Å². The second kappa shape index (κ2) is 20.7. The summed E-state index contributed by atoms with van der Waals surface area (Å²) in [6.45, 7) is 6.47. The number of hydrogen-bond acceptors (Lipinski definition) is 15. The van der Waals surface area contributed by atoms with Gasteiger partial charge in [0.05, 0.1) is 64.6 Å². The lowest BCUT2D eigenvalue weighted by Gasteiger charge is -2.38. The van der Waals surface area contributed by atoms with Crippen molar-refractivity contribution in [2.75, 3.05) is 37.9 Å². The molecule has 1 aliphatic rings. The lowest BCUT2D eigenvalue weighted by atomic mass is 9.70. The number of thiazole rings is 1. The molecule has 0 radical (unpaired) electrons. The molecule has 22 heteroatoms. The largest absolute Gasteiger partial charge is 0.494 e. The molecule has 1 saturated heterocycles. The summed E-state index contributed by atoms with van der Waals surface area (Å²) in [6, 6.07) is 13.2. The number of ether oxygens (including phenoxy) is 1. The summed E-state index contributed by atoms with van der Waals surface area (Å²) in [7, 11) is 4.61. The molecule has 0 aliphatic carbocycles. The number of likely N-dealkylation sites (tertiary alicyclic amines) is 1. The molecule has 1 aliphatic heterocycles. The lowest BCUT2D eigenvalue weighted by molar-refractivity contribution is -0.150. The highest BCUT2D eigenvalue weighted by Crippen LogP contribution is 2.39. The zero-order valence-corrected chi connectivity index (χ0v) is 38.4. The van der Waals surface area contributed by atoms with Gasteiger partial charge >= 0.3 is 0 Å². The van der Waals surface area contributed by atoms with E-state index in [4.69, 9.17) is 10.5 Å². The van der Waals surface area contributed by atoms with Gasteiger partial charge in [-0.3, -0.25) is 33.4 Å². The first kappa shape index (κ1) is 48.1. The van der Waals surface area contributed by atoms with E-state index in [1.165, 1.54) is 47.5 Å². The maximum Gasteiger partial charge on any atom is 0.273 e. The number of para-hydroxylation sites is 1. The predicted octanol–water partition coefficient (Wildman–Crippen LogP) is 2.30. The smallest absolute Gasteiger partial charge is 0.273 e. The van der Waals surface area contributed by atoms with Crippen molar-refractivity contribution in [2.45, 2.75) is 59.2 Å². The minimum atomic E-state index is -1.36. The van der Waals surface area contributed by atoms with Crippen LogP contribution in [-0.2, 0) is 37.6 Å². The van der Waals surface area contributed by atoms with Crippen molar-refractivity contribution in [2.24, 2.45) is 30.0 Å². The van der Waals surface area contributed by atoms with E-state index in [0.29, 0.717) is 22.8 Å². The monoisotopic (exact) mass is 923 g/mol. The van der Waals surface area contributed by atoms with Crippen LogP contribution in [0.1, 0.15) is 55.4 Å². The number of nitrogens with one attached hydrogen (secondary N) is 5. The first-order valence-corrected chi connectivity index (χ1v) is 21.8.